The minimum Gasteiger partial charge on any atom is -0.494 e. The van der Waals surface area contributed by atoms with E-state index in [1.165, 1.54) is 11.3 Å². The first-order valence-electron chi connectivity index (χ1n) is 8.35. The van der Waals surface area contributed by atoms with Crippen LogP contribution >= 0.6 is 22.9 Å². The van der Waals surface area contributed by atoms with Crippen molar-refractivity contribution in [1.29, 1.82) is 0 Å². The minimum absolute atomic E-state index is 0.341. The van der Waals surface area contributed by atoms with Crippen LogP contribution in [0.5, 0.6) is 5.75 Å². The molecule has 2 aromatic heterocycles. The Kier molecular flexibility index (Phi) is 4.59. The Bertz CT molecular complexity index is 1240. The SMILES string of the molecule is CCOc1ccc(-c2cc3[nH]c(=O)n(-c4ccccc4Cl)c(=O)c3s2)cc1. The van der Waals surface area contributed by atoms with Crippen molar-refractivity contribution in [1.82, 2.24) is 9.55 Å². The molecule has 27 heavy (non-hydrogen) atoms. The maximum atomic E-state index is 13.0. The minimum atomic E-state index is -0.517. The van der Waals surface area contributed by atoms with Gasteiger partial charge in [0.25, 0.3) is 5.56 Å². The number of para-hydroxylation sites is 1. The molecule has 136 valence electrons. The molecule has 0 aliphatic carbocycles. The molecule has 0 aliphatic rings. The molecule has 0 saturated heterocycles. The van der Waals surface area contributed by atoms with E-state index in [-0.39, 0.29) is 5.56 Å². The van der Waals surface area contributed by atoms with Gasteiger partial charge in [-0.05, 0) is 55.0 Å². The van der Waals surface area contributed by atoms with Gasteiger partial charge in [-0.15, -0.1) is 11.3 Å². The van der Waals surface area contributed by atoms with Gasteiger partial charge in [-0.2, -0.15) is 0 Å². The summed E-state index contributed by atoms with van der Waals surface area (Å²) < 4.78 is 7.00. The largest absolute Gasteiger partial charge is 0.494 e. The Morgan fingerprint density at radius 2 is 1.85 bits per heavy atom. The average Bonchev–Trinajstić information content (AvgIpc) is 3.08. The second kappa shape index (κ2) is 7.06. The van der Waals surface area contributed by atoms with Crippen LogP contribution in [0.25, 0.3) is 26.3 Å². The second-order valence-corrected chi connectivity index (χ2v) is 7.29. The summed E-state index contributed by atoms with van der Waals surface area (Å²) in [4.78, 5) is 29.1. The van der Waals surface area contributed by atoms with Gasteiger partial charge < -0.3 is 9.72 Å². The Hall–Kier alpha value is -2.83. The van der Waals surface area contributed by atoms with Crippen LogP contribution in [0.2, 0.25) is 5.02 Å². The van der Waals surface area contributed by atoms with Crippen LogP contribution in [-0.2, 0) is 0 Å². The molecule has 2 heterocycles. The van der Waals surface area contributed by atoms with Gasteiger partial charge >= 0.3 is 5.69 Å². The molecule has 1 N–H and O–H groups in total. The quantitative estimate of drug-likeness (QED) is 0.552. The Morgan fingerprint density at radius 3 is 2.56 bits per heavy atom. The highest BCUT2D eigenvalue weighted by Crippen LogP contribution is 2.31. The summed E-state index contributed by atoms with van der Waals surface area (Å²) in [5.41, 5.74) is 0.926. The van der Waals surface area contributed by atoms with E-state index in [0.29, 0.717) is 27.5 Å². The molecule has 5 nitrogen and oxygen atoms in total. The van der Waals surface area contributed by atoms with E-state index in [1.54, 1.807) is 24.3 Å². The van der Waals surface area contributed by atoms with Crippen LogP contribution in [0.4, 0.5) is 0 Å². The first kappa shape index (κ1) is 17.6. The summed E-state index contributed by atoms with van der Waals surface area (Å²) in [7, 11) is 0. The van der Waals surface area contributed by atoms with Crippen molar-refractivity contribution in [3.8, 4) is 21.9 Å². The lowest BCUT2D eigenvalue weighted by molar-refractivity contribution is 0.340. The molecule has 0 aliphatic heterocycles. The third-order valence-corrected chi connectivity index (χ3v) is 5.61. The summed E-state index contributed by atoms with van der Waals surface area (Å²) in [6, 6.07) is 16.2. The lowest BCUT2D eigenvalue weighted by Crippen LogP contribution is -2.33. The number of halogens is 1. The number of nitrogens with one attached hydrogen (secondary N) is 1. The molecule has 7 heteroatoms. The van der Waals surface area contributed by atoms with Crippen molar-refractivity contribution in [2.24, 2.45) is 0 Å². The van der Waals surface area contributed by atoms with Crippen LogP contribution in [-0.4, -0.2) is 16.2 Å². The van der Waals surface area contributed by atoms with Gasteiger partial charge in [-0.3, -0.25) is 4.79 Å². The lowest BCUT2D eigenvalue weighted by Gasteiger charge is -2.06. The molecular weight excluding hydrogens is 384 g/mol. The van der Waals surface area contributed by atoms with Gasteiger partial charge in [0.05, 0.1) is 22.8 Å². The van der Waals surface area contributed by atoms with Crippen LogP contribution in [0.15, 0.2) is 64.2 Å². The van der Waals surface area contributed by atoms with Crippen molar-refractivity contribution >= 4 is 33.2 Å². The molecule has 2 aromatic carbocycles. The van der Waals surface area contributed by atoms with Gasteiger partial charge in [-0.25, -0.2) is 9.36 Å². The third-order valence-electron chi connectivity index (χ3n) is 4.12. The highest BCUT2D eigenvalue weighted by molar-refractivity contribution is 7.22. The van der Waals surface area contributed by atoms with Crippen molar-refractivity contribution in [2.45, 2.75) is 6.92 Å². The third kappa shape index (κ3) is 3.18. The molecule has 0 atom stereocenters. The molecule has 0 unspecified atom stereocenters. The Morgan fingerprint density at radius 1 is 1.11 bits per heavy atom. The van der Waals surface area contributed by atoms with Crippen LogP contribution in [0.3, 0.4) is 0 Å². The van der Waals surface area contributed by atoms with Gasteiger partial charge in [0.15, 0.2) is 0 Å². The second-order valence-electron chi connectivity index (χ2n) is 5.83. The van der Waals surface area contributed by atoms with E-state index in [1.807, 2.05) is 37.3 Å². The number of aromatic amines is 1. The summed E-state index contributed by atoms with van der Waals surface area (Å²) in [6.45, 7) is 2.53. The van der Waals surface area contributed by atoms with Gasteiger partial charge in [0.2, 0.25) is 0 Å². The number of benzene rings is 2. The molecule has 0 spiro atoms. The number of aromatic nitrogens is 2. The summed E-state index contributed by atoms with van der Waals surface area (Å²) >= 11 is 7.51. The number of thiophene rings is 1. The van der Waals surface area contributed by atoms with Gasteiger partial charge in [-0.1, -0.05) is 23.7 Å². The van der Waals surface area contributed by atoms with Crippen LogP contribution in [0, 0.1) is 0 Å². The van der Waals surface area contributed by atoms with E-state index in [0.717, 1.165) is 20.8 Å². The van der Waals surface area contributed by atoms with Crippen LogP contribution in [0.1, 0.15) is 6.92 Å². The van der Waals surface area contributed by atoms with Crippen molar-refractivity contribution in [2.75, 3.05) is 6.61 Å². The van der Waals surface area contributed by atoms with E-state index >= 15 is 0 Å². The molecule has 0 radical (unpaired) electrons. The fourth-order valence-electron chi connectivity index (χ4n) is 2.88. The molecule has 0 saturated carbocycles. The lowest BCUT2D eigenvalue weighted by atomic mass is 10.2. The first-order valence-corrected chi connectivity index (χ1v) is 9.55. The molecule has 0 fully saturated rings. The molecular formula is C20H15ClN2O3S. The maximum absolute atomic E-state index is 13.0. The molecule has 4 aromatic rings. The number of hydrogen-bond donors (Lipinski definition) is 1. The number of fused-ring (bicyclic) bond motifs is 1. The summed E-state index contributed by atoms with van der Waals surface area (Å²) in [5, 5.41) is 0.341. The number of ether oxygens (including phenoxy) is 1. The fraction of sp³-hybridized carbons (Fsp3) is 0.100. The number of rotatable bonds is 4. The highest BCUT2D eigenvalue weighted by Gasteiger charge is 2.15. The van der Waals surface area contributed by atoms with Crippen LogP contribution < -0.4 is 16.0 Å². The number of nitrogens with zero attached hydrogens (tertiary/aromatic N) is 1. The van der Waals surface area contributed by atoms with Gasteiger partial charge in [0.1, 0.15) is 10.4 Å². The smallest absolute Gasteiger partial charge is 0.333 e. The van der Waals surface area contributed by atoms with E-state index < -0.39 is 5.69 Å². The summed E-state index contributed by atoms with van der Waals surface area (Å²) in [5.74, 6) is 0.789. The zero-order valence-electron chi connectivity index (χ0n) is 14.4. The number of hydrogen-bond acceptors (Lipinski definition) is 4. The highest BCUT2D eigenvalue weighted by atomic mass is 35.5. The predicted molar refractivity (Wildman–Crippen MR) is 110 cm³/mol. The van der Waals surface area contributed by atoms with Gasteiger partial charge in [0, 0.05) is 4.88 Å². The Balaban J connectivity index is 1.86. The van der Waals surface area contributed by atoms with E-state index in [9.17, 15) is 9.59 Å². The van der Waals surface area contributed by atoms with Crippen molar-refractivity contribution < 1.29 is 4.74 Å². The van der Waals surface area contributed by atoms with E-state index in [4.69, 9.17) is 16.3 Å². The van der Waals surface area contributed by atoms with Crippen molar-refractivity contribution in [3.63, 3.8) is 0 Å². The molecule has 0 amide bonds. The fourth-order valence-corrected chi connectivity index (χ4v) is 4.15. The predicted octanol–water partition coefficient (Wildman–Crippen LogP) is 4.46. The zero-order chi connectivity index (χ0) is 19.0. The molecule has 4 rings (SSSR count). The molecule has 0 bridgehead atoms. The average molecular weight is 399 g/mol. The topological polar surface area (TPSA) is 64.1 Å². The number of H-pyrrole nitrogens is 1. The summed E-state index contributed by atoms with van der Waals surface area (Å²) in [6.07, 6.45) is 0. The standard InChI is InChI=1S/C20H15ClN2O3S/c1-2-26-13-9-7-12(8-10-13)17-11-15-18(27-17)19(24)23(20(25)22-15)16-6-4-3-5-14(16)21/h3-11H,2H2,1H3,(H,22,25). The first-order chi connectivity index (χ1) is 13.1. The van der Waals surface area contributed by atoms with E-state index in [2.05, 4.69) is 4.98 Å². The zero-order valence-corrected chi connectivity index (χ0v) is 15.9. The normalized spacial score (nSPS) is 11.0. The maximum Gasteiger partial charge on any atom is 0.333 e. The monoisotopic (exact) mass is 398 g/mol. The Labute approximate surface area is 163 Å². The van der Waals surface area contributed by atoms with Crippen molar-refractivity contribution in [3.05, 3.63) is 80.5 Å².